The van der Waals surface area contributed by atoms with Crippen molar-refractivity contribution in [2.75, 3.05) is 4.72 Å². The Morgan fingerprint density at radius 3 is 2.35 bits per heavy atom. The topological polar surface area (TPSA) is 74.8 Å². The highest BCUT2D eigenvalue weighted by Gasteiger charge is 2.22. The summed E-state index contributed by atoms with van der Waals surface area (Å²) in [5.41, 5.74) is -0.945. The number of aromatic nitrogens is 2. The first-order chi connectivity index (χ1) is 9.33. The highest BCUT2D eigenvalue weighted by Crippen LogP contribution is 2.23. The van der Waals surface area contributed by atoms with Crippen LogP contribution >= 0.6 is 0 Å². The Hall–Kier alpha value is -2.03. The summed E-state index contributed by atoms with van der Waals surface area (Å²) < 4.78 is 65.1. The van der Waals surface area contributed by atoms with E-state index in [9.17, 15) is 21.6 Å². The molecule has 0 atom stereocenters. The van der Waals surface area contributed by atoms with E-state index < -0.39 is 33.2 Å². The molecule has 0 amide bonds. The zero-order valence-electron chi connectivity index (χ0n) is 10.2. The van der Waals surface area contributed by atoms with E-state index in [1.165, 1.54) is 0 Å². The molecule has 5 nitrogen and oxygen atoms in total. The van der Waals surface area contributed by atoms with Crippen molar-refractivity contribution < 1.29 is 21.6 Å². The van der Waals surface area contributed by atoms with E-state index in [0.29, 0.717) is 24.4 Å². The number of benzene rings is 1. The zero-order valence-corrected chi connectivity index (χ0v) is 11.1. The van der Waals surface area contributed by atoms with Crippen LogP contribution in [0, 0.1) is 17.5 Å². The second-order valence-electron chi connectivity index (χ2n) is 3.90. The van der Waals surface area contributed by atoms with Gasteiger partial charge in [-0.3, -0.25) is 4.72 Å². The largest absolute Gasteiger partial charge is 0.332 e. The fourth-order valence-electron chi connectivity index (χ4n) is 1.49. The first-order valence-corrected chi connectivity index (χ1v) is 7.03. The number of sulfonamides is 1. The van der Waals surface area contributed by atoms with Gasteiger partial charge in [0.1, 0.15) is 17.3 Å². The number of halogens is 3. The molecule has 0 saturated carbocycles. The third-order valence-corrected chi connectivity index (χ3v) is 3.73. The quantitative estimate of drug-likeness (QED) is 0.909. The molecule has 2 N–H and O–H groups in total. The van der Waals surface area contributed by atoms with Crippen LogP contribution in [-0.2, 0) is 16.4 Å². The summed E-state index contributed by atoms with van der Waals surface area (Å²) in [5.74, 6) is -3.43. The minimum absolute atomic E-state index is 0.336. The molecule has 0 aliphatic carbocycles. The van der Waals surface area contributed by atoms with Gasteiger partial charge in [-0.05, 0) is 0 Å². The Morgan fingerprint density at radius 1 is 1.25 bits per heavy atom. The molecule has 1 aromatic heterocycles. The molecule has 2 aromatic rings. The second kappa shape index (κ2) is 5.16. The summed E-state index contributed by atoms with van der Waals surface area (Å²) >= 11 is 0. The Bertz CT molecular complexity index is 720. The van der Waals surface area contributed by atoms with E-state index in [1.54, 1.807) is 11.6 Å². The van der Waals surface area contributed by atoms with Gasteiger partial charge in [0, 0.05) is 18.6 Å². The van der Waals surface area contributed by atoms with Gasteiger partial charge < -0.3 is 4.98 Å². The van der Waals surface area contributed by atoms with E-state index >= 15 is 0 Å². The molecule has 0 aliphatic rings. The molecule has 0 unspecified atom stereocenters. The smallest absolute Gasteiger partial charge is 0.279 e. The van der Waals surface area contributed by atoms with Crippen LogP contribution in [0.3, 0.4) is 0 Å². The van der Waals surface area contributed by atoms with Gasteiger partial charge in [0.25, 0.3) is 10.0 Å². The van der Waals surface area contributed by atoms with Crippen LogP contribution in [0.2, 0.25) is 0 Å². The molecule has 1 heterocycles. The Balaban J connectivity index is 2.38. The van der Waals surface area contributed by atoms with Gasteiger partial charge in [0.05, 0.1) is 6.20 Å². The van der Waals surface area contributed by atoms with Crippen LogP contribution in [0.4, 0.5) is 18.9 Å². The number of aryl methyl sites for hydroxylation is 1. The van der Waals surface area contributed by atoms with Crippen LogP contribution in [0.5, 0.6) is 0 Å². The normalized spacial score (nSPS) is 11.6. The standard InChI is InChI=1S/C11H10F3N3O2S/c1-2-9-15-5-10(16-9)20(18,19)17-11-7(13)3-6(12)4-8(11)14/h3-5,17H,2H2,1H3,(H,15,16). The van der Waals surface area contributed by atoms with Gasteiger partial charge in [-0.1, -0.05) is 6.92 Å². The molecule has 20 heavy (non-hydrogen) atoms. The first-order valence-electron chi connectivity index (χ1n) is 5.54. The fraction of sp³-hybridized carbons (Fsp3) is 0.182. The number of hydrogen-bond acceptors (Lipinski definition) is 3. The minimum atomic E-state index is -4.23. The molecule has 0 saturated heterocycles. The number of H-pyrrole nitrogens is 1. The molecular weight excluding hydrogens is 295 g/mol. The lowest BCUT2D eigenvalue weighted by atomic mass is 10.3. The third-order valence-electron chi connectivity index (χ3n) is 2.47. The van der Waals surface area contributed by atoms with E-state index in [4.69, 9.17) is 0 Å². The molecule has 9 heteroatoms. The number of nitrogens with zero attached hydrogens (tertiary/aromatic N) is 1. The SMILES string of the molecule is CCc1ncc(S(=O)(=O)Nc2c(F)cc(F)cc2F)[nH]1. The van der Waals surface area contributed by atoms with E-state index in [-0.39, 0.29) is 5.03 Å². The molecule has 0 aliphatic heterocycles. The number of nitrogens with one attached hydrogen (secondary N) is 2. The minimum Gasteiger partial charge on any atom is -0.332 e. The number of hydrogen-bond donors (Lipinski definition) is 2. The number of aromatic amines is 1. The number of anilines is 1. The van der Waals surface area contributed by atoms with Crippen molar-refractivity contribution in [3.05, 3.63) is 41.6 Å². The van der Waals surface area contributed by atoms with Crippen LogP contribution in [0.25, 0.3) is 0 Å². The zero-order chi connectivity index (χ0) is 14.9. The van der Waals surface area contributed by atoms with Crippen molar-refractivity contribution >= 4 is 15.7 Å². The predicted octanol–water partition coefficient (Wildman–Crippen LogP) is 2.19. The Kier molecular flexibility index (Phi) is 3.71. The summed E-state index contributed by atoms with van der Waals surface area (Å²) in [5, 5.41) is -0.336. The monoisotopic (exact) mass is 305 g/mol. The maximum absolute atomic E-state index is 13.4. The van der Waals surface area contributed by atoms with Crippen LogP contribution in [0.15, 0.2) is 23.4 Å². The van der Waals surface area contributed by atoms with E-state index in [1.807, 2.05) is 0 Å². The van der Waals surface area contributed by atoms with E-state index in [2.05, 4.69) is 9.97 Å². The van der Waals surface area contributed by atoms with Crippen LogP contribution < -0.4 is 4.72 Å². The highest BCUT2D eigenvalue weighted by molar-refractivity contribution is 7.92. The molecular formula is C11H10F3N3O2S. The van der Waals surface area contributed by atoms with Gasteiger partial charge >= 0.3 is 0 Å². The van der Waals surface area contributed by atoms with Gasteiger partial charge in [0.2, 0.25) is 0 Å². The van der Waals surface area contributed by atoms with Crippen molar-refractivity contribution in [2.24, 2.45) is 0 Å². The van der Waals surface area contributed by atoms with Crippen molar-refractivity contribution in [1.29, 1.82) is 0 Å². The fourth-order valence-corrected chi connectivity index (χ4v) is 2.51. The van der Waals surface area contributed by atoms with Gasteiger partial charge in [-0.15, -0.1) is 0 Å². The summed E-state index contributed by atoms with van der Waals surface area (Å²) in [6.07, 6.45) is 1.50. The molecule has 108 valence electrons. The highest BCUT2D eigenvalue weighted by atomic mass is 32.2. The summed E-state index contributed by atoms with van der Waals surface area (Å²) in [6.45, 7) is 1.75. The number of rotatable bonds is 4. The van der Waals surface area contributed by atoms with Crippen LogP contribution in [-0.4, -0.2) is 18.4 Å². The average Bonchev–Trinajstić information content (AvgIpc) is 2.83. The Morgan fingerprint density at radius 2 is 1.85 bits per heavy atom. The molecule has 2 rings (SSSR count). The van der Waals surface area contributed by atoms with Crippen molar-refractivity contribution in [2.45, 2.75) is 18.4 Å². The molecule has 0 spiro atoms. The summed E-state index contributed by atoms with van der Waals surface area (Å²) in [6, 6.07) is 0.761. The molecule has 0 radical (unpaired) electrons. The van der Waals surface area contributed by atoms with Crippen LogP contribution in [0.1, 0.15) is 12.7 Å². The van der Waals surface area contributed by atoms with Gasteiger partial charge in [0.15, 0.2) is 16.7 Å². The summed E-state index contributed by atoms with van der Waals surface area (Å²) in [7, 11) is -4.23. The maximum atomic E-state index is 13.4. The van der Waals surface area contributed by atoms with Crippen molar-refractivity contribution in [1.82, 2.24) is 9.97 Å². The molecule has 1 aromatic carbocycles. The molecule has 0 fully saturated rings. The average molecular weight is 305 g/mol. The second-order valence-corrected chi connectivity index (χ2v) is 5.55. The Labute approximate surface area is 112 Å². The predicted molar refractivity (Wildman–Crippen MR) is 65.1 cm³/mol. The van der Waals surface area contributed by atoms with E-state index in [0.717, 1.165) is 6.20 Å². The van der Waals surface area contributed by atoms with Crippen molar-refractivity contribution in [3.63, 3.8) is 0 Å². The van der Waals surface area contributed by atoms with Gasteiger partial charge in [-0.2, -0.15) is 8.42 Å². The maximum Gasteiger partial charge on any atom is 0.279 e. The molecule has 0 bridgehead atoms. The lowest BCUT2D eigenvalue weighted by Gasteiger charge is -2.08. The lowest BCUT2D eigenvalue weighted by molar-refractivity contribution is 0.547. The number of imidazole rings is 1. The third kappa shape index (κ3) is 2.77. The summed E-state index contributed by atoms with van der Waals surface area (Å²) in [4.78, 5) is 6.27. The van der Waals surface area contributed by atoms with Crippen molar-refractivity contribution in [3.8, 4) is 0 Å². The first kappa shape index (κ1) is 14.4. The lowest BCUT2D eigenvalue weighted by Crippen LogP contribution is -2.16. The van der Waals surface area contributed by atoms with Gasteiger partial charge in [-0.25, -0.2) is 18.2 Å².